The van der Waals surface area contributed by atoms with E-state index in [0.717, 1.165) is 55.6 Å². The standard InChI is InChI=1S/C51H31N7O/c1-4-15-32(16-5-1)48-54-49(40-23-14-24-41-47(40)59-51(53-41)33-17-6-2-7-18-33)56-50(55-48)42-30-27-35(31-52-42)58-44-26-13-11-22-37(44)39-29-28-38-36-21-10-12-25-43(36)57(45(38)46(39)58)34-19-8-3-9-20-34/h1-31H. The second kappa shape index (κ2) is 13.2. The van der Waals surface area contributed by atoms with Crippen LogP contribution in [0, 0.1) is 0 Å². The van der Waals surface area contributed by atoms with Gasteiger partial charge in [0.15, 0.2) is 23.1 Å². The Balaban J connectivity index is 1.05. The maximum absolute atomic E-state index is 6.41. The summed E-state index contributed by atoms with van der Waals surface area (Å²) in [5, 5.41) is 4.74. The Morgan fingerprint density at radius 3 is 1.63 bits per heavy atom. The molecule has 0 atom stereocenters. The van der Waals surface area contributed by atoms with Crippen LogP contribution in [0.15, 0.2) is 193 Å². The van der Waals surface area contributed by atoms with E-state index >= 15 is 0 Å². The molecule has 0 amide bonds. The van der Waals surface area contributed by atoms with E-state index in [1.54, 1.807) is 0 Å². The van der Waals surface area contributed by atoms with Crippen molar-refractivity contribution in [3.8, 4) is 57.1 Å². The Morgan fingerprint density at radius 2 is 0.966 bits per heavy atom. The number of hydrogen-bond acceptors (Lipinski definition) is 6. The van der Waals surface area contributed by atoms with Crippen LogP contribution in [0.5, 0.6) is 0 Å². The number of hydrogen-bond donors (Lipinski definition) is 0. The molecule has 0 radical (unpaired) electrons. The normalized spacial score (nSPS) is 11.7. The van der Waals surface area contributed by atoms with E-state index in [0.29, 0.717) is 34.6 Å². The van der Waals surface area contributed by atoms with Crippen LogP contribution in [-0.2, 0) is 0 Å². The number of rotatable bonds is 6. The Morgan fingerprint density at radius 1 is 0.390 bits per heavy atom. The number of aromatic nitrogens is 7. The molecule has 0 unspecified atom stereocenters. The first-order valence-corrected chi connectivity index (χ1v) is 19.5. The van der Waals surface area contributed by atoms with Gasteiger partial charge in [0.1, 0.15) is 11.2 Å². The van der Waals surface area contributed by atoms with Gasteiger partial charge in [-0.3, -0.25) is 4.98 Å². The lowest BCUT2D eigenvalue weighted by molar-refractivity contribution is 0.620. The molecule has 12 aromatic rings. The van der Waals surface area contributed by atoms with Crippen LogP contribution < -0.4 is 0 Å². The third-order valence-electron chi connectivity index (χ3n) is 11.1. The van der Waals surface area contributed by atoms with Gasteiger partial charge in [-0.25, -0.2) is 19.9 Å². The van der Waals surface area contributed by atoms with E-state index in [4.69, 9.17) is 29.3 Å². The van der Waals surface area contributed by atoms with Crippen molar-refractivity contribution in [2.45, 2.75) is 0 Å². The van der Waals surface area contributed by atoms with Crippen LogP contribution in [-0.4, -0.2) is 34.1 Å². The summed E-state index contributed by atoms with van der Waals surface area (Å²) in [6.07, 6.45) is 1.92. The zero-order chi connectivity index (χ0) is 38.9. The molecule has 0 aliphatic carbocycles. The number of nitrogens with zero attached hydrogens (tertiary/aromatic N) is 7. The lowest BCUT2D eigenvalue weighted by Gasteiger charge is -2.13. The monoisotopic (exact) mass is 757 g/mol. The Labute approximate surface area is 337 Å². The van der Waals surface area contributed by atoms with E-state index in [-0.39, 0.29) is 0 Å². The van der Waals surface area contributed by atoms with Gasteiger partial charge in [-0.2, -0.15) is 0 Å². The Bertz CT molecular complexity index is 3540. The summed E-state index contributed by atoms with van der Waals surface area (Å²) >= 11 is 0. The highest BCUT2D eigenvalue weighted by Crippen LogP contribution is 2.42. The number of pyridine rings is 1. The number of para-hydroxylation sites is 4. The highest BCUT2D eigenvalue weighted by atomic mass is 16.3. The molecule has 59 heavy (non-hydrogen) atoms. The SMILES string of the molecule is c1ccc(-c2nc(-c3ccc(-n4c5ccccc5c5ccc6c7ccccc7n(-c7ccccc7)c6c54)cn3)nc(-c3cccc4nc(-c5ccccc5)oc34)n2)cc1. The van der Waals surface area contributed by atoms with Crippen molar-refractivity contribution in [3.05, 3.63) is 188 Å². The van der Waals surface area contributed by atoms with E-state index < -0.39 is 0 Å². The summed E-state index contributed by atoms with van der Waals surface area (Å²) in [6, 6.07) is 62.1. The zero-order valence-electron chi connectivity index (χ0n) is 31.4. The molecule has 7 aromatic carbocycles. The molecule has 0 spiro atoms. The van der Waals surface area contributed by atoms with Gasteiger partial charge in [-0.1, -0.05) is 121 Å². The topological polar surface area (TPSA) is 87.5 Å². The average Bonchev–Trinajstić information content (AvgIpc) is 4.01. The smallest absolute Gasteiger partial charge is 0.227 e. The minimum Gasteiger partial charge on any atom is -0.435 e. The molecule has 276 valence electrons. The average molecular weight is 758 g/mol. The van der Waals surface area contributed by atoms with Crippen molar-refractivity contribution in [1.29, 1.82) is 0 Å². The maximum Gasteiger partial charge on any atom is 0.227 e. The summed E-state index contributed by atoms with van der Waals surface area (Å²) in [6.45, 7) is 0. The molecule has 0 bridgehead atoms. The molecule has 5 aromatic heterocycles. The van der Waals surface area contributed by atoms with Gasteiger partial charge in [0, 0.05) is 38.4 Å². The first kappa shape index (κ1) is 33.0. The molecule has 0 aliphatic heterocycles. The minimum atomic E-state index is 0.453. The number of benzene rings is 7. The van der Waals surface area contributed by atoms with Crippen molar-refractivity contribution in [2.75, 3.05) is 0 Å². The quantitative estimate of drug-likeness (QED) is 0.168. The van der Waals surface area contributed by atoms with E-state index in [9.17, 15) is 0 Å². The van der Waals surface area contributed by atoms with Crippen LogP contribution in [0.3, 0.4) is 0 Å². The lowest BCUT2D eigenvalue weighted by Crippen LogP contribution is -2.02. The van der Waals surface area contributed by atoms with E-state index in [2.05, 4.69) is 106 Å². The fourth-order valence-corrected chi connectivity index (χ4v) is 8.42. The fourth-order valence-electron chi connectivity index (χ4n) is 8.42. The predicted octanol–water partition coefficient (Wildman–Crippen LogP) is 12.3. The minimum absolute atomic E-state index is 0.453. The van der Waals surface area contributed by atoms with Gasteiger partial charge in [0.25, 0.3) is 0 Å². The van der Waals surface area contributed by atoms with Gasteiger partial charge in [-0.05, 0) is 60.7 Å². The molecule has 0 aliphatic rings. The first-order chi connectivity index (χ1) is 29.3. The zero-order valence-corrected chi connectivity index (χ0v) is 31.4. The van der Waals surface area contributed by atoms with Crippen LogP contribution in [0.1, 0.15) is 0 Å². The summed E-state index contributed by atoms with van der Waals surface area (Å²) in [4.78, 5) is 24.9. The predicted molar refractivity (Wildman–Crippen MR) is 236 cm³/mol. The molecule has 8 heteroatoms. The summed E-state index contributed by atoms with van der Waals surface area (Å²) in [5.41, 5.74) is 11.0. The molecular formula is C51H31N7O. The lowest BCUT2D eigenvalue weighted by atomic mass is 10.1. The second-order valence-corrected chi connectivity index (χ2v) is 14.5. The van der Waals surface area contributed by atoms with Gasteiger partial charge >= 0.3 is 0 Å². The third kappa shape index (κ3) is 5.27. The van der Waals surface area contributed by atoms with Crippen molar-refractivity contribution in [3.63, 3.8) is 0 Å². The van der Waals surface area contributed by atoms with Crippen LogP contribution in [0.4, 0.5) is 0 Å². The molecule has 0 N–H and O–H groups in total. The van der Waals surface area contributed by atoms with E-state index in [1.165, 1.54) is 21.5 Å². The maximum atomic E-state index is 6.41. The molecule has 0 saturated heterocycles. The van der Waals surface area contributed by atoms with Crippen molar-refractivity contribution >= 4 is 54.7 Å². The molecule has 8 nitrogen and oxygen atoms in total. The first-order valence-electron chi connectivity index (χ1n) is 19.5. The molecule has 0 fully saturated rings. The molecular weight excluding hydrogens is 727 g/mol. The fraction of sp³-hybridized carbons (Fsp3) is 0. The Hall–Kier alpha value is -8.23. The van der Waals surface area contributed by atoms with Gasteiger partial charge < -0.3 is 13.6 Å². The number of oxazole rings is 1. The summed E-state index contributed by atoms with van der Waals surface area (Å²) < 4.78 is 11.1. The molecule has 5 heterocycles. The van der Waals surface area contributed by atoms with Crippen molar-refractivity contribution < 1.29 is 4.42 Å². The second-order valence-electron chi connectivity index (χ2n) is 14.5. The summed E-state index contributed by atoms with van der Waals surface area (Å²) in [5.74, 6) is 2.00. The van der Waals surface area contributed by atoms with E-state index in [1.807, 2.05) is 91.1 Å². The van der Waals surface area contributed by atoms with Gasteiger partial charge in [-0.15, -0.1) is 0 Å². The number of fused-ring (bicyclic) bond motifs is 8. The highest BCUT2D eigenvalue weighted by molar-refractivity contribution is 6.23. The van der Waals surface area contributed by atoms with Crippen LogP contribution in [0.25, 0.3) is 112 Å². The highest BCUT2D eigenvalue weighted by Gasteiger charge is 2.22. The third-order valence-corrected chi connectivity index (χ3v) is 11.1. The Kier molecular flexibility index (Phi) is 7.36. The van der Waals surface area contributed by atoms with Gasteiger partial charge in [0.05, 0.1) is 39.5 Å². The summed E-state index contributed by atoms with van der Waals surface area (Å²) in [7, 11) is 0. The largest absolute Gasteiger partial charge is 0.435 e. The van der Waals surface area contributed by atoms with Gasteiger partial charge in [0.2, 0.25) is 5.89 Å². The van der Waals surface area contributed by atoms with Crippen molar-refractivity contribution in [2.24, 2.45) is 0 Å². The van der Waals surface area contributed by atoms with Crippen molar-refractivity contribution in [1.82, 2.24) is 34.1 Å². The van der Waals surface area contributed by atoms with Crippen LogP contribution in [0.2, 0.25) is 0 Å². The molecule has 12 rings (SSSR count). The molecule has 0 saturated carbocycles. The van der Waals surface area contributed by atoms with Crippen LogP contribution >= 0.6 is 0 Å².